The molecular formula is C22H28N6O6S2. The van der Waals surface area contributed by atoms with Gasteiger partial charge in [0.15, 0.2) is 0 Å². The molecule has 0 aromatic heterocycles. The smallest absolute Gasteiger partial charge is 0.264 e. The van der Waals surface area contributed by atoms with Gasteiger partial charge in [-0.15, -0.1) is 0 Å². The standard InChI is InChI=1S/C22H28N6O6S2/c23-25-27-35(29,30)21-13-9-19(10-14-21)33-17-7-5-3-1-2-4-6-8-18-34-20-11-15-22(16-12-20)36(31,32)28-26-24/h9-16H,1-8,17-18H2. The van der Waals surface area contributed by atoms with Gasteiger partial charge in [0.1, 0.15) is 11.5 Å². The van der Waals surface area contributed by atoms with Crippen LogP contribution in [0.15, 0.2) is 67.4 Å². The summed E-state index contributed by atoms with van der Waals surface area (Å²) in [5.74, 6) is 1.12. The lowest BCUT2D eigenvalue weighted by molar-refractivity contribution is 0.301. The van der Waals surface area contributed by atoms with E-state index in [1.807, 2.05) is 0 Å². The molecule has 2 rings (SSSR count). The molecule has 0 bridgehead atoms. The summed E-state index contributed by atoms with van der Waals surface area (Å²) >= 11 is 0. The van der Waals surface area contributed by atoms with Crippen molar-refractivity contribution in [1.29, 1.82) is 0 Å². The summed E-state index contributed by atoms with van der Waals surface area (Å²) in [7, 11) is -7.96. The predicted octanol–water partition coefficient (Wildman–Crippen LogP) is 6.26. The van der Waals surface area contributed by atoms with E-state index in [4.69, 9.17) is 20.5 Å². The molecule has 0 saturated heterocycles. The van der Waals surface area contributed by atoms with Crippen molar-refractivity contribution in [3.8, 4) is 11.5 Å². The fourth-order valence-corrected chi connectivity index (χ4v) is 4.59. The van der Waals surface area contributed by atoms with E-state index < -0.39 is 20.0 Å². The Morgan fingerprint density at radius 1 is 0.556 bits per heavy atom. The van der Waals surface area contributed by atoms with Gasteiger partial charge in [-0.2, -0.15) is 0 Å². The van der Waals surface area contributed by atoms with Gasteiger partial charge in [0.2, 0.25) is 0 Å². The van der Waals surface area contributed by atoms with Gasteiger partial charge in [-0.25, -0.2) is 16.8 Å². The van der Waals surface area contributed by atoms with Crippen molar-refractivity contribution in [2.45, 2.75) is 61.2 Å². The van der Waals surface area contributed by atoms with Gasteiger partial charge < -0.3 is 9.47 Å². The number of azide groups is 2. The first-order valence-corrected chi connectivity index (χ1v) is 14.2. The Kier molecular flexibility index (Phi) is 11.9. The average Bonchev–Trinajstić information content (AvgIpc) is 2.85. The van der Waals surface area contributed by atoms with Crippen LogP contribution in [0.1, 0.15) is 51.4 Å². The first-order chi connectivity index (χ1) is 17.3. The molecule has 0 amide bonds. The van der Waals surface area contributed by atoms with E-state index in [1.54, 1.807) is 0 Å². The summed E-state index contributed by atoms with van der Waals surface area (Å²) in [6, 6.07) is 11.5. The zero-order valence-electron chi connectivity index (χ0n) is 19.6. The van der Waals surface area contributed by atoms with Crippen LogP contribution in [-0.2, 0) is 20.0 Å². The fourth-order valence-electron chi connectivity index (χ4n) is 3.25. The van der Waals surface area contributed by atoms with Gasteiger partial charge in [0.05, 0.1) is 23.0 Å². The number of unbranched alkanes of at least 4 members (excludes halogenated alkanes) is 7. The summed E-state index contributed by atoms with van der Waals surface area (Å²) in [6.07, 6.45) is 8.35. The first kappa shape index (κ1) is 28.8. The van der Waals surface area contributed by atoms with E-state index in [0.29, 0.717) is 24.7 Å². The van der Waals surface area contributed by atoms with E-state index in [9.17, 15) is 16.8 Å². The van der Waals surface area contributed by atoms with Crippen LogP contribution >= 0.6 is 0 Å². The van der Waals surface area contributed by atoms with E-state index in [2.05, 4.69) is 18.9 Å². The summed E-state index contributed by atoms with van der Waals surface area (Å²) in [4.78, 5) is 4.48. The maximum Gasteiger partial charge on any atom is 0.264 e. The lowest BCUT2D eigenvalue weighted by Crippen LogP contribution is -1.99. The van der Waals surface area contributed by atoms with E-state index in [-0.39, 0.29) is 9.79 Å². The highest BCUT2D eigenvalue weighted by molar-refractivity contribution is 7.90. The number of sulfonamides is 2. The van der Waals surface area contributed by atoms with Crippen LogP contribution in [0.2, 0.25) is 0 Å². The minimum absolute atomic E-state index is 0.0746. The Labute approximate surface area is 210 Å². The molecule has 0 radical (unpaired) electrons. The van der Waals surface area contributed by atoms with Crippen molar-refractivity contribution >= 4 is 20.0 Å². The molecule has 2 aromatic carbocycles. The quantitative estimate of drug-likeness (QED) is 0.0992. The van der Waals surface area contributed by atoms with Gasteiger partial charge in [-0.3, -0.25) is 0 Å². The van der Waals surface area contributed by atoms with Gasteiger partial charge in [0.25, 0.3) is 20.0 Å². The van der Waals surface area contributed by atoms with Crippen molar-refractivity contribution in [2.24, 2.45) is 9.04 Å². The van der Waals surface area contributed by atoms with Gasteiger partial charge in [-0.1, -0.05) is 38.5 Å². The van der Waals surface area contributed by atoms with Crippen LogP contribution in [-0.4, -0.2) is 30.0 Å². The Morgan fingerprint density at radius 2 is 0.861 bits per heavy atom. The van der Waals surface area contributed by atoms with Crippen molar-refractivity contribution in [2.75, 3.05) is 13.2 Å². The van der Waals surface area contributed by atoms with Crippen LogP contribution in [0.3, 0.4) is 0 Å². The third-order valence-electron chi connectivity index (χ3n) is 5.11. The number of hydrogen-bond acceptors (Lipinski definition) is 6. The molecule has 0 fully saturated rings. The van der Waals surface area contributed by atoms with Crippen molar-refractivity contribution in [3.63, 3.8) is 0 Å². The van der Waals surface area contributed by atoms with Gasteiger partial charge in [0, 0.05) is 18.9 Å². The lowest BCUT2D eigenvalue weighted by Gasteiger charge is -2.07. The second-order valence-electron chi connectivity index (χ2n) is 7.76. The molecule has 0 atom stereocenters. The summed E-state index contributed by atoms with van der Waals surface area (Å²) in [6.45, 7) is 1.08. The summed E-state index contributed by atoms with van der Waals surface area (Å²) in [5, 5.41) is 0. The molecular weight excluding hydrogens is 508 g/mol. The van der Waals surface area contributed by atoms with Gasteiger partial charge in [-0.05, 0) is 72.4 Å². The minimum Gasteiger partial charge on any atom is -0.494 e. The highest BCUT2D eigenvalue weighted by Crippen LogP contribution is 2.20. The highest BCUT2D eigenvalue weighted by atomic mass is 32.2. The average molecular weight is 537 g/mol. The largest absolute Gasteiger partial charge is 0.494 e. The van der Waals surface area contributed by atoms with Crippen LogP contribution in [0.25, 0.3) is 20.9 Å². The second-order valence-corrected chi connectivity index (χ2v) is 10.9. The third kappa shape index (κ3) is 10.0. The topological polar surface area (TPSA) is 184 Å². The van der Waals surface area contributed by atoms with Crippen LogP contribution < -0.4 is 9.47 Å². The zero-order chi connectivity index (χ0) is 26.3. The molecule has 12 nitrogen and oxygen atoms in total. The molecule has 194 valence electrons. The molecule has 0 N–H and O–H groups in total. The maximum absolute atomic E-state index is 11.6. The number of hydrogen-bond donors (Lipinski definition) is 0. The van der Waals surface area contributed by atoms with Crippen molar-refractivity contribution < 1.29 is 26.3 Å². The predicted molar refractivity (Wildman–Crippen MR) is 133 cm³/mol. The Hall–Kier alpha value is -3.44. The van der Waals surface area contributed by atoms with Crippen molar-refractivity contribution in [1.82, 2.24) is 0 Å². The number of benzene rings is 2. The monoisotopic (exact) mass is 536 g/mol. The maximum atomic E-state index is 11.6. The minimum atomic E-state index is -3.98. The number of rotatable bonds is 17. The Balaban J connectivity index is 1.48. The van der Waals surface area contributed by atoms with Crippen molar-refractivity contribution in [3.05, 3.63) is 69.4 Å². The SMILES string of the molecule is [N-]=[N+]=NS(=O)(=O)c1ccc(OCCCCCCCCCCOc2ccc(S(=O)(=O)N=[N+]=[N-])cc2)cc1. The highest BCUT2D eigenvalue weighted by Gasteiger charge is 2.12. The molecule has 36 heavy (non-hydrogen) atoms. The first-order valence-electron chi connectivity index (χ1n) is 11.4. The Morgan fingerprint density at radius 3 is 1.17 bits per heavy atom. The summed E-state index contributed by atoms with van der Waals surface area (Å²) in [5.41, 5.74) is 16.6. The molecule has 2 aromatic rings. The Bertz CT molecular complexity index is 1170. The normalized spacial score (nSPS) is 11.2. The molecule has 0 saturated carbocycles. The van der Waals surface area contributed by atoms with E-state index in [0.717, 1.165) is 51.4 Å². The molecule has 0 aliphatic carbocycles. The summed E-state index contributed by atoms with van der Waals surface area (Å²) < 4.78 is 63.3. The number of nitrogens with zero attached hydrogens (tertiary/aromatic N) is 6. The zero-order valence-corrected chi connectivity index (χ0v) is 21.3. The lowest BCUT2D eigenvalue weighted by atomic mass is 10.1. The molecule has 0 aliphatic rings. The molecule has 0 heterocycles. The van der Waals surface area contributed by atoms with Crippen LogP contribution in [0, 0.1) is 0 Å². The van der Waals surface area contributed by atoms with Crippen LogP contribution in [0.4, 0.5) is 0 Å². The van der Waals surface area contributed by atoms with E-state index >= 15 is 0 Å². The molecule has 0 aliphatic heterocycles. The van der Waals surface area contributed by atoms with Crippen LogP contribution in [0.5, 0.6) is 11.5 Å². The third-order valence-corrected chi connectivity index (χ3v) is 7.42. The second kappa shape index (κ2) is 14.8. The number of ether oxygens (including phenoxy) is 2. The molecule has 14 heteroatoms. The molecule has 0 unspecified atom stereocenters. The van der Waals surface area contributed by atoms with E-state index in [1.165, 1.54) is 48.5 Å². The fraction of sp³-hybridized carbons (Fsp3) is 0.455. The molecule has 0 spiro atoms. The van der Waals surface area contributed by atoms with Gasteiger partial charge >= 0.3 is 0 Å².